The zero-order chi connectivity index (χ0) is 13.9. The Hall–Kier alpha value is -0.910. The average molecular weight is 282 g/mol. The van der Waals surface area contributed by atoms with Crippen molar-refractivity contribution in [3.8, 4) is 0 Å². The molecule has 0 aliphatic carbocycles. The van der Waals surface area contributed by atoms with Gasteiger partial charge in [-0.25, -0.2) is 13.1 Å². The smallest absolute Gasteiger partial charge is 0.208 e. The minimum atomic E-state index is -3.07. The highest BCUT2D eigenvalue weighted by molar-refractivity contribution is 7.88. The van der Waals surface area contributed by atoms with Gasteiger partial charge in [-0.1, -0.05) is 25.1 Å². The van der Waals surface area contributed by atoms with Crippen LogP contribution in [-0.2, 0) is 29.4 Å². The summed E-state index contributed by atoms with van der Waals surface area (Å²) in [6, 6.07) is 6.71. The van der Waals surface area contributed by atoms with E-state index in [0.717, 1.165) is 32.5 Å². The molecule has 1 aromatic carbocycles. The van der Waals surface area contributed by atoms with Crippen LogP contribution in [-0.4, -0.2) is 39.2 Å². The Morgan fingerprint density at radius 2 is 2.11 bits per heavy atom. The largest absolute Gasteiger partial charge is 0.297 e. The summed E-state index contributed by atoms with van der Waals surface area (Å²) < 4.78 is 24.6. The van der Waals surface area contributed by atoms with Crippen LogP contribution in [0.25, 0.3) is 0 Å². The summed E-state index contributed by atoms with van der Waals surface area (Å²) in [7, 11) is -3.07. The lowest BCUT2D eigenvalue weighted by Gasteiger charge is -2.29. The number of sulfonamides is 1. The summed E-state index contributed by atoms with van der Waals surface area (Å²) in [5.74, 6) is 0. The number of rotatable bonds is 5. The quantitative estimate of drug-likeness (QED) is 0.881. The van der Waals surface area contributed by atoms with E-state index in [-0.39, 0.29) is 0 Å². The van der Waals surface area contributed by atoms with Crippen molar-refractivity contribution in [2.24, 2.45) is 0 Å². The molecule has 1 N–H and O–H groups in total. The first-order valence-electron chi connectivity index (χ1n) is 6.75. The number of hydrogen-bond acceptors (Lipinski definition) is 3. The molecule has 106 valence electrons. The SMILES string of the molecule is CCc1ccc2c(c1)CCN(CCNS(C)(=O)=O)C2. The maximum atomic E-state index is 11.0. The molecule has 1 heterocycles. The fourth-order valence-corrected chi connectivity index (χ4v) is 2.93. The van der Waals surface area contributed by atoms with E-state index in [2.05, 4.69) is 34.7 Å². The minimum Gasteiger partial charge on any atom is -0.297 e. The molecule has 1 aromatic rings. The van der Waals surface area contributed by atoms with Crippen molar-refractivity contribution in [2.75, 3.05) is 25.9 Å². The first-order chi connectivity index (χ1) is 8.98. The van der Waals surface area contributed by atoms with Crippen LogP contribution < -0.4 is 4.72 Å². The van der Waals surface area contributed by atoms with Gasteiger partial charge in [0.1, 0.15) is 0 Å². The topological polar surface area (TPSA) is 49.4 Å². The van der Waals surface area contributed by atoms with Gasteiger partial charge in [-0.2, -0.15) is 0 Å². The van der Waals surface area contributed by atoms with Gasteiger partial charge >= 0.3 is 0 Å². The zero-order valence-corrected chi connectivity index (χ0v) is 12.5. The lowest BCUT2D eigenvalue weighted by atomic mass is 9.96. The molecule has 0 spiro atoms. The molecule has 4 nitrogen and oxygen atoms in total. The van der Waals surface area contributed by atoms with Crippen LogP contribution in [0.1, 0.15) is 23.6 Å². The van der Waals surface area contributed by atoms with Crippen molar-refractivity contribution in [1.82, 2.24) is 9.62 Å². The summed E-state index contributed by atoms with van der Waals surface area (Å²) in [5, 5.41) is 0. The molecule has 0 bridgehead atoms. The lowest BCUT2D eigenvalue weighted by Crippen LogP contribution is -2.37. The van der Waals surface area contributed by atoms with Crippen LogP contribution >= 0.6 is 0 Å². The van der Waals surface area contributed by atoms with Crippen LogP contribution in [0.15, 0.2) is 18.2 Å². The van der Waals surface area contributed by atoms with Crippen molar-refractivity contribution in [3.05, 3.63) is 34.9 Å². The summed E-state index contributed by atoms with van der Waals surface area (Å²) >= 11 is 0. The van der Waals surface area contributed by atoms with E-state index in [1.54, 1.807) is 0 Å². The fourth-order valence-electron chi connectivity index (χ4n) is 2.46. The molecule has 19 heavy (non-hydrogen) atoms. The Morgan fingerprint density at radius 1 is 1.32 bits per heavy atom. The zero-order valence-electron chi connectivity index (χ0n) is 11.6. The molecular weight excluding hydrogens is 260 g/mol. The third-order valence-corrected chi connectivity index (χ3v) is 4.29. The second-order valence-electron chi connectivity index (χ2n) is 5.15. The molecular formula is C14H22N2O2S. The standard InChI is InChI=1S/C14H22N2O2S/c1-3-12-4-5-14-11-16(8-6-13(14)10-12)9-7-15-19(2,17)18/h4-5,10,15H,3,6-9,11H2,1-2H3. The maximum absolute atomic E-state index is 11.0. The van der Waals surface area contributed by atoms with E-state index < -0.39 is 10.0 Å². The third kappa shape index (κ3) is 4.30. The van der Waals surface area contributed by atoms with Crippen molar-refractivity contribution in [2.45, 2.75) is 26.3 Å². The Morgan fingerprint density at radius 3 is 2.79 bits per heavy atom. The summed E-state index contributed by atoms with van der Waals surface area (Å²) in [5.41, 5.74) is 4.22. The van der Waals surface area contributed by atoms with E-state index in [4.69, 9.17) is 0 Å². The van der Waals surface area contributed by atoms with E-state index >= 15 is 0 Å². The molecule has 2 rings (SSSR count). The van der Waals surface area contributed by atoms with Gasteiger partial charge in [0.05, 0.1) is 6.26 Å². The number of aryl methyl sites for hydroxylation is 1. The Balaban J connectivity index is 1.91. The van der Waals surface area contributed by atoms with E-state index in [1.165, 1.54) is 22.9 Å². The number of nitrogens with zero attached hydrogens (tertiary/aromatic N) is 1. The third-order valence-electron chi connectivity index (χ3n) is 3.56. The molecule has 1 aliphatic heterocycles. The average Bonchev–Trinajstić information content (AvgIpc) is 2.36. The molecule has 0 unspecified atom stereocenters. The second-order valence-corrected chi connectivity index (χ2v) is 6.98. The van der Waals surface area contributed by atoms with E-state index in [0.29, 0.717) is 6.54 Å². The summed E-state index contributed by atoms with van der Waals surface area (Å²) in [6.45, 7) is 5.35. The normalized spacial score (nSPS) is 16.3. The molecule has 0 radical (unpaired) electrons. The highest BCUT2D eigenvalue weighted by atomic mass is 32.2. The van der Waals surface area contributed by atoms with Crippen molar-refractivity contribution in [1.29, 1.82) is 0 Å². The molecule has 0 fully saturated rings. The van der Waals surface area contributed by atoms with Crippen LogP contribution in [0.5, 0.6) is 0 Å². The predicted octanol–water partition coefficient (Wildman–Crippen LogP) is 1.16. The highest BCUT2D eigenvalue weighted by Crippen LogP contribution is 2.20. The number of benzene rings is 1. The van der Waals surface area contributed by atoms with Gasteiger partial charge in [0.15, 0.2) is 0 Å². The van der Waals surface area contributed by atoms with Gasteiger partial charge in [-0.15, -0.1) is 0 Å². The van der Waals surface area contributed by atoms with Crippen LogP contribution in [0.4, 0.5) is 0 Å². The van der Waals surface area contributed by atoms with Crippen molar-refractivity contribution >= 4 is 10.0 Å². The Kier molecular flexibility index (Phi) is 4.60. The molecule has 5 heteroatoms. The second kappa shape index (κ2) is 6.03. The van der Waals surface area contributed by atoms with E-state index in [9.17, 15) is 8.42 Å². The molecule has 0 atom stereocenters. The van der Waals surface area contributed by atoms with Gasteiger partial charge < -0.3 is 0 Å². The van der Waals surface area contributed by atoms with Crippen LogP contribution in [0.3, 0.4) is 0 Å². The van der Waals surface area contributed by atoms with Gasteiger partial charge in [0, 0.05) is 26.2 Å². The predicted molar refractivity (Wildman–Crippen MR) is 77.6 cm³/mol. The van der Waals surface area contributed by atoms with Gasteiger partial charge in [-0.05, 0) is 29.5 Å². The Labute approximate surface area is 115 Å². The summed E-state index contributed by atoms with van der Waals surface area (Å²) in [4.78, 5) is 2.30. The van der Waals surface area contributed by atoms with Gasteiger partial charge in [-0.3, -0.25) is 4.90 Å². The molecule has 0 amide bonds. The van der Waals surface area contributed by atoms with Crippen LogP contribution in [0, 0.1) is 0 Å². The number of nitrogens with one attached hydrogen (secondary N) is 1. The minimum absolute atomic E-state index is 0.487. The number of fused-ring (bicyclic) bond motifs is 1. The molecule has 1 aliphatic rings. The molecule has 0 saturated carbocycles. The first kappa shape index (κ1) is 14.5. The summed E-state index contributed by atoms with van der Waals surface area (Å²) in [6.07, 6.45) is 3.34. The maximum Gasteiger partial charge on any atom is 0.208 e. The molecule has 0 aromatic heterocycles. The Bertz CT molecular complexity index is 540. The van der Waals surface area contributed by atoms with Gasteiger partial charge in [0.2, 0.25) is 10.0 Å². The van der Waals surface area contributed by atoms with Crippen molar-refractivity contribution in [3.63, 3.8) is 0 Å². The fraction of sp³-hybridized carbons (Fsp3) is 0.571. The monoisotopic (exact) mass is 282 g/mol. The number of hydrogen-bond donors (Lipinski definition) is 1. The van der Waals surface area contributed by atoms with Gasteiger partial charge in [0.25, 0.3) is 0 Å². The lowest BCUT2D eigenvalue weighted by molar-refractivity contribution is 0.258. The van der Waals surface area contributed by atoms with Crippen molar-refractivity contribution < 1.29 is 8.42 Å². The molecule has 0 saturated heterocycles. The highest BCUT2D eigenvalue weighted by Gasteiger charge is 2.16. The van der Waals surface area contributed by atoms with E-state index in [1.807, 2.05) is 0 Å². The first-order valence-corrected chi connectivity index (χ1v) is 8.65. The van der Waals surface area contributed by atoms with Crippen LogP contribution in [0.2, 0.25) is 0 Å².